The van der Waals surface area contributed by atoms with Gasteiger partial charge in [-0.05, 0) is 44.7 Å². The molecule has 18 heavy (non-hydrogen) atoms. The molecular formula is C14H20N4. The number of hydrogen-bond acceptors (Lipinski definition) is 3. The van der Waals surface area contributed by atoms with E-state index in [0.29, 0.717) is 6.04 Å². The quantitative estimate of drug-likeness (QED) is 0.893. The van der Waals surface area contributed by atoms with Gasteiger partial charge >= 0.3 is 0 Å². The Bertz CT molecular complexity index is 530. The van der Waals surface area contributed by atoms with Crippen LogP contribution >= 0.6 is 0 Å². The van der Waals surface area contributed by atoms with Crippen molar-refractivity contribution in [2.75, 3.05) is 7.05 Å². The van der Waals surface area contributed by atoms with Crippen molar-refractivity contribution >= 4 is 0 Å². The third-order valence-corrected chi connectivity index (χ3v) is 3.18. The van der Waals surface area contributed by atoms with Gasteiger partial charge in [0.25, 0.3) is 0 Å². The number of aryl methyl sites for hydroxylation is 3. The zero-order valence-electron chi connectivity index (χ0n) is 11.4. The fourth-order valence-corrected chi connectivity index (χ4v) is 2.24. The maximum atomic E-state index is 4.39. The predicted molar refractivity (Wildman–Crippen MR) is 72.4 cm³/mol. The van der Waals surface area contributed by atoms with Gasteiger partial charge in [-0.3, -0.25) is 9.67 Å². The van der Waals surface area contributed by atoms with Crippen LogP contribution in [0.4, 0.5) is 0 Å². The lowest BCUT2D eigenvalue weighted by molar-refractivity contribution is 0.560. The largest absolute Gasteiger partial charge is 0.313 e. The van der Waals surface area contributed by atoms with Crippen LogP contribution in [0.5, 0.6) is 0 Å². The van der Waals surface area contributed by atoms with Crippen molar-refractivity contribution < 1.29 is 0 Å². The standard InChI is InChI=1S/C14H20N4/c1-10-7-12(5-6-16-10)14(15-3)9-13-8-11(2)17-18(13)4/h5-8,14-15H,9H2,1-4H3. The highest BCUT2D eigenvalue weighted by Crippen LogP contribution is 2.18. The first-order chi connectivity index (χ1) is 8.60. The average Bonchev–Trinajstić information content (AvgIpc) is 2.64. The molecule has 0 aromatic carbocycles. The van der Waals surface area contributed by atoms with Gasteiger partial charge in [0, 0.05) is 37.1 Å². The number of hydrogen-bond donors (Lipinski definition) is 1. The molecule has 2 rings (SSSR count). The second-order valence-electron chi connectivity index (χ2n) is 4.68. The molecule has 4 heteroatoms. The Labute approximate surface area is 108 Å². The summed E-state index contributed by atoms with van der Waals surface area (Å²) < 4.78 is 1.95. The molecule has 0 bridgehead atoms. The van der Waals surface area contributed by atoms with Crippen LogP contribution in [-0.2, 0) is 13.5 Å². The summed E-state index contributed by atoms with van der Waals surface area (Å²) in [7, 11) is 3.98. The molecule has 1 unspecified atom stereocenters. The van der Waals surface area contributed by atoms with Crippen LogP contribution in [0.15, 0.2) is 24.4 Å². The predicted octanol–water partition coefficient (Wildman–Crippen LogP) is 1.94. The number of likely N-dealkylation sites (N-methyl/N-ethyl adjacent to an activating group) is 1. The number of rotatable bonds is 4. The summed E-state index contributed by atoms with van der Waals surface area (Å²) in [6.07, 6.45) is 2.79. The smallest absolute Gasteiger partial charge is 0.0596 e. The fourth-order valence-electron chi connectivity index (χ4n) is 2.24. The third kappa shape index (κ3) is 2.76. The van der Waals surface area contributed by atoms with Crippen molar-refractivity contribution in [3.8, 4) is 0 Å². The highest BCUT2D eigenvalue weighted by atomic mass is 15.3. The highest BCUT2D eigenvalue weighted by Gasteiger charge is 2.13. The van der Waals surface area contributed by atoms with Crippen LogP contribution in [-0.4, -0.2) is 21.8 Å². The molecule has 1 atom stereocenters. The van der Waals surface area contributed by atoms with Crippen LogP contribution in [0, 0.1) is 13.8 Å². The lowest BCUT2D eigenvalue weighted by atomic mass is 10.0. The number of nitrogens with zero attached hydrogens (tertiary/aromatic N) is 3. The molecule has 0 saturated heterocycles. The van der Waals surface area contributed by atoms with Gasteiger partial charge in [-0.15, -0.1) is 0 Å². The molecule has 0 aliphatic heterocycles. The van der Waals surface area contributed by atoms with Crippen molar-refractivity contribution in [2.24, 2.45) is 7.05 Å². The van der Waals surface area contributed by atoms with Gasteiger partial charge in [-0.25, -0.2) is 0 Å². The number of nitrogens with one attached hydrogen (secondary N) is 1. The molecule has 96 valence electrons. The molecule has 0 aliphatic rings. The Hall–Kier alpha value is -1.68. The highest BCUT2D eigenvalue weighted by molar-refractivity contribution is 5.22. The maximum absolute atomic E-state index is 4.39. The summed E-state index contributed by atoms with van der Waals surface area (Å²) in [5.41, 5.74) is 4.62. The molecule has 2 aromatic heterocycles. The monoisotopic (exact) mass is 244 g/mol. The van der Waals surface area contributed by atoms with Gasteiger partial charge in [0.1, 0.15) is 0 Å². The third-order valence-electron chi connectivity index (χ3n) is 3.18. The maximum Gasteiger partial charge on any atom is 0.0596 e. The average molecular weight is 244 g/mol. The van der Waals surface area contributed by atoms with Crippen molar-refractivity contribution in [3.63, 3.8) is 0 Å². The zero-order valence-corrected chi connectivity index (χ0v) is 11.4. The van der Waals surface area contributed by atoms with Gasteiger partial charge in [0.15, 0.2) is 0 Å². The van der Waals surface area contributed by atoms with E-state index in [9.17, 15) is 0 Å². The SMILES string of the molecule is CNC(Cc1cc(C)nn1C)c1ccnc(C)c1. The summed E-state index contributed by atoms with van der Waals surface area (Å²) >= 11 is 0. The second kappa shape index (κ2) is 5.31. The normalized spacial score (nSPS) is 12.7. The minimum atomic E-state index is 0.293. The number of pyridine rings is 1. The summed E-state index contributed by atoms with van der Waals surface area (Å²) in [4.78, 5) is 4.24. The minimum Gasteiger partial charge on any atom is -0.313 e. The van der Waals surface area contributed by atoms with E-state index in [-0.39, 0.29) is 0 Å². The Morgan fingerprint density at radius 3 is 2.61 bits per heavy atom. The molecule has 0 fully saturated rings. The van der Waals surface area contributed by atoms with E-state index in [0.717, 1.165) is 17.8 Å². The molecule has 0 saturated carbocycles. The Morgan fingerprint density at radius 2 is 2.06 bits per heavy atom. The van der Waals surface area contributed by atoms with E-state index in [1.165, 1.54) is 11.3 Å². The Kier molecular flexibility index (Phi) is 3.77. The Balaban J connectivity index is 2.22. The summed E-state index contributed by atoms with van der Waals surface area (Å²) in [5.74, 6) is 0. The van der Waals surface area contributed by atoms with Gasteiger partial charge < -0.3 is 5.32 Å². The van der Waals surface area contributed by atoms with Gasteiger partial charge in [-0.1, -0.05) is 0 Å². The van der Waals surface area contributed by atoms with Crippen LogP contribution in [0.25, 0.3) is 0 Å². The van der Waals surface area contributed by atoms with E-state index in [1.54, 1.807) is 0 Å². The van der Waals surface area contributed by atoms with Crippen molar-refractivity contribution in [2.45, 2.75) is 26.3 Å². The van der Waals surface area contributed by atoms with Crippen LogP contribution in [0.3, 0.4) is 0 Å². The fraction of sp³-hybridized carbons (Fsp3) is 0.429. The first kappa shape index (κ1) is 12.8. The van der Waals surface area contributed by atoms with Crippen molar-refractivity contribution in [1.29, 1.82) is 0 Å². The molecule has 0 aliphatic carbocycles. The lowest BCUT2D eigenvalue weighted by Crippen LogP contribution is -2.20. The van der Waals surface area contributed by atoms with E-state index >= 15 is 0 Å². The van der Waals surface area contributed by atoms with Crippen LogP contribution < -0.4 is 5.32 Å². The molecule has 2 heterocycles. The van der Waals surface area contributed by atoms with Gasteiger partial charge in [0.05, 0.1) is 5.69 Å². The Morgan fingerprint density at radius 1 is 1.28 bits per heavy atom. The molecule has 4 nitrogen and oxygen atoms in total. The van der Waals surface area contributed by atoms with E-state index in [4.69, 9.17) is 0 Å². The summed E-state index contributed by atoms with van der Waals surface area (Å²) in [6.45, 7) is 4.04. The second-order valence-corrected chi connectivity index (χ2v) is 4.68. The summed E-state index contributed by atoms with van der Waals surface area (Å²) in [5, 5.41) is 7.75. The topological polar surface area (TPSA) is 42.7 Å². The minimum absolute atomic E-state index is 0.293. The van der Waals surface area contributed by atoms with E-state index in [2.05, 4.69) is 33.6 Å². The van der Waals surface area contributed by atoms with Gasteiger partial charge in [-0.2, -0.15) is 5.10 Å². The number of aromatic nitrogens is 3. The van der Waals surface area contributed by atoms with E-state index < -0.39 is 0 Å². The van der Waals surface area contributed by atoms with Crippen molar-refractivity contribution in [3.05, 3.63) is 47.0 Å². The van der Waals surface area contributed by atoms with Gasteiger partial charge in [0.2, 0.25) is 0 Å². The molecule has 2 aromatic rings. The first-order valence-electron chi connectivity index (χ1n) is 6.19. The van der Waals surface area contributed by atoms with E-state index in [1.807, 2.05) is 38.8 Å². The molecule has 0 radical (unpaired) electrons. The van der Waals surface area contributed by atoms with Crippen LogP contribution in [0.2, 0.25) is 0 Å². The zero-order chi connectivity index (χ0) is 13.1. The summed E-state index contributed by atoms with van der Waals surface area (Å²) in [6, 6.07) is 6.63. The molecule has 0 amide bonds. The molecule has 1 N–H and O–H groups in total. The molecular weight excluding hydrogens is 224 g/mol. The molecule has 0 spiro atoms. The first-order valence-corrected chi connectivity index (χ1v) is 6.19. The van der Waals surface area contributed by atoms with Crippen LogP contribution in [0.1, 0.15) is 28.7 Å². The lowest BCUT2D eigenvalue weighted by Gasteiger charge is -2.17. The van der Waals surface area contributed by atoms with Crippen molar-refractivity contribution in [1.82, 2.24) is 20.1 Å².